The first-order valence-corrected chi connectivity index (χ1v) is 14.9. The topological polar surface area (TPSA) is 137 Å². The van der Waals surface area contributed by atoms with Crippen molar-refractivity contribution in [2.75, 3.05) is 19.5 Å². The zero-order valence-electron chi connectivity index (χ0n) is 23.9. The summed E-state index contributed by atoms with van der Waals surface area (Å²) in [7, 11) is 1.32. The second-order valence-corrected chi connectivity index (χ2v) is 11.4. The maximum Gasteiger partial charge on any atom is 0.356 e. The average Bonchev–Trinajstić information content (AvgIpc) is 3.05. The summed E-state index contributed by atoms with van der Waals surface area (Å²) >= 11 is 1.27. The largest absolute Gasteiger partial charge is 0.461 e. The van der Waals surface area contributed by atoms with Gasteiger partial charge in [-0.1, -0.05) is 78.9 Å². The molecule has 3 atom stereocenters. The van der Waals surface area contributed by atoms with Crippen LogP contribution in [-0.4, -0.2) is 65.3 Å². The minimum atomic E-state index is -1.75. The van der Waals surface area contributed by atoms with Gasteiger partial charge in [0.05, 0.1) is 0 Å². The van der Waals surface area contributed by atoms with Gasteiger partial charge in [-0.3, -0.25) is 19.3 Å². The van der Waals surface area contributed by atoms with Crippen LogP contribution < -0.4 is 11.1 Å². The van der Waals surface area contributed by atoms with Crippen molar-refractivity contribution < 1.29 is 33.4 Å². The number of allylic oxidation sites excluding steroid dienone is 3. The van der Waals surface area contributed by atoms with Gasteiger partial charge in [-0.2, -0.15) is 0 Å². The number of fused-ring (bicyclic) bond motifs is 1. The van der Waals surface area contributed by atoms with Crippen LogP contribution >= 0.6 is 11.8 Å². The molecule has 11 heteroatoms. The van der Waals surface area contributed by atoms with Crippen LogP contribution in [0, 0.1) is 0 Å². The molecule has 1 saturated heterocycles. The normalized spacial score (nSPS) is 21.9. The van der Waals surface area contributed by atoms with Crippen molar-refractivity contribution in [1.82, 2.24) is 10.2 Å². The minimum Gasteiger partial charge on any atom is -0.461 e. The number of β-lactam (4-membered cyclic amide) rings is 1. The molecule has 10 nitrogen and oxygen atoms in total. The summed E-state index contributed by atoms with van der Waals surface area (Å²) in [5.74, 6) is -2.31. The fraction of sp³-hybridized carbons (Fsp3) is 0.312. The van der Waals surface area contributed by atoms with Gasteiger partial charge in [-0.05, 0) is 29.5 Å². The van der Waals surface area contributed by atoms with Crippen molar-refractivity contribution in [2.45, 2.75) is 43.0 Å². The van der Waals surface area contributed by atoms with E-state index in [-0.39, 0.29) is 18.1 Å². The van der Waals surface area contributed by atoms with E-state index in [0.717, 1.165) is 23.1 Å². The van der Waals surface area contributed by atoms with Crippen LogP contribution in [0.2, 0.25) is 0 Å². The smallest absolute Gasteiger partial charge is 0.356 e. The van der Waals surface area contributed by atoms with Crippen molar-refractivity contribution >= 4 is 35.5 Å². The standard InChI is InChI=1S/C32H33N3O7S/c1-20(36)41-18-24-19-43-31-32(40-2,34-28(37)25(33)21-12-6-3-7-13-21)30(39)35(31)26(24)29(38)42-27(22-14-8-4-9-15-22)23-16-10-5-11-17-23/h3-6,8-12,14-17,25,27,31H,7,13,18-19,33H2,1-2H3,(H,34,37)/t25?,31-,32-/m0/s1. The van der Waals surface area contributed by atoms with Crippen LogP contribution in [0.15, 0.2) is 95.7 Å². The molecular formula is C32H33N3O7S. The maximum atomic E-state index is 14.0. The molecule has 0 bridgehead atoms. The Kier molecular flexibility index (Phi) is 9.14. The number of nitrogens with zero attached hydrogens (tertiary/aromatic N) is 1. The Bertz CT molecular complexity index is 1450. The SMILES string of the molecule is CO[C@@]1(NC(=O)C(N)C2=CC=CCC2)C(=O)N2C(C(=O)OC(c3ccccc3)c3ccccc3)=C(COC(C)=O)CS[C@H]21. The second kappa shape index (κ2) is 13.0. The molecule has 43 heavy (non-hydrogen) atoms. The fourth-order valence-electron chi connectivity index (χ4n) is 5.29. The molecule has 3 N–H and O–H groups in total. The number of carbonyl (C=O) groups excluding carboxylic acids is 4. The van der Waals surface area contributed by atoms with Gasteiger partial charge in [0, 0.05) is 25.4 Å². The third kappa shape index (κ3) is 6.01. The van der Waals surface area contributed by atoms with Crippen molar-refractivity contribution in [3.63, 3.8) is 0 Å². The Labute approximate surface area is 253 Å². The zero-order chi connectivity index (χ0) is 30.6. The lowest BCUT2D eigenvalue weighted by Crippen LogP contribution is -2.81. The summed E-state index contributed by atoms with van der Waals surface area (Å²) < 4.78 is 17.0. The Morgan fingerprint density at radius 2 is 1.74 bits per heavy atom. The van der Waals surface area contributed by atoms with Gasteiger partial charge in [0.1, 0.15) is 23.7 Å². The molecular weight excluding hydrogens is 570 g/mol. The average molecular weight is 604 g/mol. The van der Waals surface area contributed by atoms with Crippen LogP contribution in [-0.2, 0) is 33.4 Å². The number of nitrogens with one attached hydrogen (secondary N) is 1. The van der Waals surface area contributed by atoms with Crippen LogP contribution in [0.4, 0.5) is 0 Å². The number of rotatable bonds is 10. The zero-order valence-corrected chi connectivity index (χ0v) is 24.7. The summed E-state index contributed by atoms with van der Waals surface area (Å²) in [6, 6.07) is 17.5. The maximum absolute atomic E-state index is 14.0. The summed E-state index contributed by atoms with van der Waals surface area (Å²) in [5, 5.41) is 1.92. The van der Waals surface area contributed by atoms with E-state index in [0.29, 0.717) is 12.0 Å². The molecule has 0 radical (unpaired) electrons. The Morgan fingerprint density at radius 3 is 2.30 bits per heavy atom. The van der Waals surface area contributed by atoms with Gasteiger partial charge < -0.3 is 25.3 Å². The lowest BCUT2D eigenvalue weighted by atomic mass is 9.95. The molecule has 1 unspecified atom stereocenters. The molecule has 0 spiro atoms. The first-order valence-electron chi connectivity index (χ1n) is 13.9. The van der Waals surface area contributed by atoms with E-state index in [4.69, 9.17) is 19.9 Å². The number of carbonyl (C=O) groups is 4. The number of thioether (sulfide) groups is 1. The van der Waals surface area contributed by atoms with Crippen molar-refractivity contribution in [3.8, 4) is 0 Å². The molecule has 3 aliphatic rings. The fourth-order valence-corrected chi connectivity index (χ4v) is 6.71. The molecule has 0 saturated carbocycles. The van der Waals surface area contributed by atoms with E-state index in [1.54, 1.807) is 6.08 Å². The van der Waals surface area contributed by atoms with E-state index in [2.05, 4.69) is 5.32 Å². The molecule has 2 aromatic rings. The van der Waals surface area contributed by atoms with Crippen LogP contribution in [0.1, 0.15) is 37.0 Å². The monoisotopic (exact) mass is 603 g/mol. The van der Waals surface area contributed by atoms with Gasteiger partial charge in [-0.25, -0.2) is 4.79 Å². The lowest BCUT2D eigenvalue weighted by Gasteiger charge is -2.56. The number of amides is 2. The number of ether oxygens (including phenoxy) is 3. The predicted octanol–water partition coefficient (Wildman–Crippen LogP) is 3.11. The molecule has 5 rings (SSSR count). The highest BCUT2D eigenvalue weighted by molar-refractivity contribution is 8.00. The van der Waals surface area contributed by atoms with Gasteiger partial charge in [0.25, 0.3) is 11.6 Å². The summed E-state index contributed by atoms with van der Waals surface area (Å²) in [6.07, 6.45) is 6.25. The molecule has 2 aromatic carbocycles. The number of esters is 2. The van der Waals surface area contributed by atoms with E-state index >= 15 is 0 Å². The summed E-state index contributed by atoms with van der Waals surface area (Å²) in [5.41, 5.74) is 7.07. The molecule has 2 aliphatic heterocycles. The van der Waals surface area contributed by atoms with Gasteiger partial charge >= 0.3 is 11.9 Å². The van der Waals surface area contributed by atoms with Crippen LogP contribution in [0.3, 0.4) is 0 Å². The molecule has 2 heterocycles. The highest BCUT2D eigenvalue weighted by atomic mass is 32.2. The van der Waals surface area contributed by atoms with Crippen molar-refractivity contribution in [2.24, 2.45) is 5.73 Å². The van der Waals surface area contributed by atoms with Crippen molar-refractivity contribution in [3.05, 3.63) is 107 Å². The van der Waals surface area contributed by atoms with Crippen LogP contribution in [0.25, 0.3) is 0 Å². The molecule has 1 aliphatic carbocycles. The summed E-state index contributed by atoms with van der Waals surface area (Å²) in [6.45, 7) is 1.06. The number of methoxy groups -OCH3 is 1. The van der Waals surface area contributed by atoms with E-state index in [1.807, 2.05) is 72.8 Å². The summed E-state index contributed by atoms with van der Waals surface area (Å²) in [4.78, 5) is 54.0. The van der Waals surface area contributed by atoms with Crippen molar-refractivity contribution in [1.29, 1.82) is 0 Å². The molecule has 2 amide bonds. The number of benzene rings is 2. The first-order chi connectivity index (χ1) is 20.8. The molecule has 0 aromatic heterocycles. The van der Waals surface area contributed by atoms with E-state index in [1.165, 1.54) is 30.7 Å². The first kappa shape index (κ1) is 30.3. The Morgan fingerprint density at radius 1 is 1.09 bits per heavy atom. The molecule has 1 fully saturated rings. The Balaban J connectivity index is 1.45. The van der Waals surface area contributed by atoms with Gasteiger partial charge in [0.15, 0.2) is 6.10 Å². The van der Waals surface area contributed by atoms with E-state index in [9.17, 15) is 19.2 Å². The third-order valence-corrected chi connectivity index (χ3v) is 8.92. The highest BCUT2D eigenvalue weighted by Gasteiger charge is 2.67. The number of hydrogen-bond donors (Lipinski definition) is 2. The number of hydrogen-bond acceptors (Lipinski definition) is 9. The predicted molar refractivity (Wildman–Crippen MR) is 160 cm³/mol. The number of nitrogens with two attached hydrogens (primary N) is 1. The van der Waals surface area contributed by atoms with E-state index < -0.39 is 47.0 Å². The van der Waals surface area contributed by atoms with Crippen LogP contribution in [0.5, 0.6) is 0 Å². The van der Waals surface area contributed by atoms with Gasteiger partial charge in [0.2, 0.25) is 5.91 Å². The Hall–Kier alpha value is -4.19. The highest BCUT2D eigenvalue weighted by Crippen LogP contribution is 2.47. The quantitative estimate of drug-likeness (QED) is 0.238. The lowest BCUT2D eigenvalue weighted by molar-refractivity contribution is -0.193. The van der Waals surface area contributed by atoms with Gasteiger partial charge in [-0.15, -0.1) is 11.8 Å². The minimum absolute atomic E-state index is 0.0433. The molecule has 224 valence electrons. The third-order valence-electron chi connectivity index (χ3n) is 7.54. The second-order valence-electron chi connectivity index (χ2n) is 10.3.